The average Bonchev–Trinajstić information content (AvgIpc) is 2.64. The normalized spacial score (nSPS) is 24.3. The Hall–Kier alpha value is -0.810. The minimum atomic E-state index is -3.88. The Labute approximate surface area is 168 Å². The van der Waals surface area contributed by atoms with Crippen molar-refractivity contribution in [3.63, 3.8) is 0 Å². The average molecular weight is 420 g/mol. The van der Waals surface area contributed by atoms with Crippen molar-refractivity contribution in [2.24, 2.45) is 23.1 Å². The van der Waals surface area contributed by atoms with Crippen LogP contribution in [0.25, 0.3) is 0 Å². The van der Waals surface area contributed by atoms with Crippen LogP contribution in [0.2, 0.25) is 0 Å². The fourth-order valence-electron chi connectivity index (χ4n) is 4.00. The minimum absolute atomic E-state index is 0.0834. The molecule has 3 aliphatic rings. The van der Waals surface area contributed by atoms with Gasteiger partial charge in [-0.3, -0.25) is 0 Å². The van der Waals surface area contributed by atoms with Crippen LogP contribution in [-0.4, -0.2) is 53.3 Å². The molecule has 1 fully saturated rings. The van der Waals surface area contributed by atoms with Crippen molar-refractivity contribution >= 4 is 10.1 Å². The van der Waals surface area contributed by atoms with Gasteiger partial charge in [0.1, 0.15) is 11.9 Å². The van der Waals surface area contributed by atoms with Crippen molar-refractivity contribution in [2.45, 2.75) is 39.2 Å². The predicted molar refractivity (Wildman–Crippen MR) is 104 cm³/mol. The summed E-state index contributed by atoms with van der Waals surface area (Å²) in [6.07, 6.45) is 7.00. The van der Waals surface area contributed by atoms with Gasteiger partial charge in [-0.1, -0.05) is 35.9 Å². The van der Waals surface area contributed by atoms with Gasteiger partial charge in [0, 0.05) is 0 Å². The predicted octanol–water partition coefficient (Wildman–Crippen LogP) is 2.13. The van der Waals surface area contributed by atoms with Crippen LogP contribution in [0.3, 0.4) is 0 Å². The second-order valence-electron chi connectivity index (χ2n) is 7.89. The van der Waals surface area contributed by atoms with E-state index >= 15 is 0 Å². The van der Waals surface area contributed by atoms with Gasteiger partial charge in [-0.15, -0.1) is 11.6 Å². The number of nitrogens with two attached hydrogens (primary N) is 1. The summed E-state index contributed by atoms with van der Waals surface area (Å²) in [4.78, 5) is 3.70. The van der Waals surface area contributed by atoms with Crippen molar-refractivity contribution in [1.82, 2.24) is 0 Å². The highest BCUT2D eigenvalue weighted by Crippen LogP contribution is 2.59. The van der Waals surface area contributed by atoms with E-state index in [0.29, 0.717) is 31.2 Å². The summed E-state index contributed by atoms with van der Waals surface area (Å²) in [7, 11) is -3.88. The van der Waals surface area contributed by atoms with Crippen LogP contribution in [-0.2, 0) is 33.7 Å². The first-order chi connectivity index (χ1) is 13.3. The third-order valence-corrected chi connectivity index (χ3v) is 6.74. The highest BCUT2D eigenvalue weighted by molar-refractivity contribution is 7.86. The van der Waals surface area contributed by atoms with Crippen molar-refractivity contribution < 1.29 is 32.0 Å². The summed E-state index contributed by atoms with van der Waals surface area (Å²) in [6.45, 7) is 9.80. The molecule has 0 aromatic carbocycles. The molecule has 3 unspecified atom stereocenters. The van der Waals surface area contributed by atoms with Crippen molar-refractivity contribution in [3.05, 3.63) is 24.3 Å². The zero-order chi connectivity index (χ0) is 20.6. The Morgan fingerprint density at radius 1 is 1.32 bits per heavy atom. The Bertz CT molecular complexity index is 632. The first kappa shape index (κ1) is 23.5. The summed E-state index contributed by atoms with van der Waals surface area (Å²) in [5, 5.41) is 0. The van der Waals surface area contributed by atoms with Crippen molar-refractivity contribution in [1.29, 1.82) is 0 Å². The second kappa shape index (κ2) is 10.8. The standard InChI is InChI=1S/C19H33NO7S/c1-4-8-23-13-17(25-10-11-28(21,22)27-26-20)14-24-9-7-15-5-6-16-12-18(15)19(16,2)3/h4-5,16-18H,1,6-14,20H2,2-3H3. The lowest BCUT2D eigenvalue weighted by atomic mass is 9.48. The first-order valence-electron chi connectivity index (χ1n) is 9.64. The maximum Gasteiger partial charge on any atom is 0.297 e. The lowest BCUT2D eigenvalue weighted by Gasteiger charge is -2.56. The number of hydrogen-bond acceptors (Lipinski definition) is 8. The van der Waals surface area contributed by atoms with Gasteiger partial charge >= 0.3 is 0 Å². The summed E-state index contributed by atoms with van der Waals surface area (Å²) in [6, 6.07) is 0. The van der Waals surface area contributed by atoms with Gasteiger partial charge in [0.25, 0.3) is 10.1 Å². The minimum Gasteiger partial charge on any atom is -0.378 e. The topological polar surface area (TPSA) is 106 Å². The van der Waals surface area contributed by atoms with Crippen LogP contribution in [0.4, 0.5) is 0 Å². The van der Waals surface area contributed by atoms with Gasteiger partial charge in [0.05, 0.1) is 33.0 Å². The highest BCUT2D eigenvalue weighted by Gasteiger charge is 2.50. The molecular formula is C19H33NO7S. The van der Waals surface area contributed by atoms with Crippen LogP contribution < -0.4 is 5.90 Å². The van der Waals surface area contributed by atoms with Gasteiger partial charge in [-0.05, 0) is 36.5 Å². The van der Waals surface area contributed by atoms with Gasteiger partial charge in [-0.25, -0.2) is 0 Å². The number of hydrogen-bond donors (Lipinski definition) is 1. The quantitative estimate of drug-likeness (QED) is 0.186. The SMILES string of the molecule is C=CCOCC(COCCC1=CCC2CC1C2(C)C)OCCS(=O)(=O)OON. The Kier molecular flexibility index (Phi) is 9.07. The molecule has 9 heteroatoms. The van der Waals surface area contributed by atoms with E-state index in [4.69, 9.17) is 14.2 Å². The van der Waals surface area contributed by atoms with Crippen LogP contribution in [0.1, 0.15) is 33.1 Å². The summed E-state index contributed by atoms with van der Waals surface area (Å²) in [5.41, 5.74) is 1.91. The van der Waals surface area contributed by atoms with E-state index in [9.17, 15) is 8.42 Å². The molecule has 0 aromatic heterocycles. The fourth-order valence-corrected chi connectivity index (χ4v) is 4.49. The molecule has 0 saturated heterocycles. The lowest BCUT2D eigenvalue weighted by Crippen LogP contribution is -2.48. The summed E-state index contributed by atoms with van der Waals surface area (Å²) < 4.78 is 43.6. The van der Waals surface area contributed by atoms with Crippen LogP contribution in [0, 0.1) is 17.3 Å². The zero-order valence-corrected chi connectivity index (χ0v) is 17.6. The summed E-state index contributed by atoms with van der Waals surface area (Å²) >= 11 is 0. The molecule has 0 aromatic rings. The molecule has 0 spiro atoms. The Balaban J connectivity index is 1.71. The van der Waals surface area contributed by atoms with Crippen molar-refractivity contribution in [2.75, 3.05) is 38.8 Å². The van der Waals surface area contributed by atoms with E-state index in [1.54, 1.807) is 6.08 Å². The number of allylic oxidation sites excluding steroid dienone is 1. The van der Waals surface area contributed by atoms with E-state index in [1.807, 2.05) is 0 Å². The molecule has 28 heavy (non-hydrogen) atoms. The molecule has 0 aliphatic heterocycles. The third-order valence-electron chi connectivity index (χ3n) is 5.79. The van der Waals surface area contributed by atoms with E-state index in [0.717, 1.165) is 12.3 Å². The van der Waals surface area contributed by atoms with Gasteiger partial charge in [-0.2, -0.15) is 14.3 Å². The molecule has 3 aliphatic carbocycles. The fraction of sp³-hybridized carbons (Fsp3) is 0.789. The van der Waals surface area contributed by atoms with E-state index < -0.39 is 10.1 Å². The molecule has 8 nitrogen and oxygen atoms in total. The number of ether oxygens (including phenoxy) is 3. The highest BCUT2D eigenvalue weighted by atomic mass is 32.2. The van der Waals surface area contributed by atoms with Gasteiger partial charge in [0.15, 0.2) is 0 Å². The molecule has 2 N–H and O–H groups in total. The molecule has 0 radical (unpaired) electrons. The largest absolute Gasteiger partial charge is 0.378 e. The lowest BCUT2D eigenvalue weighted by molar-refractivity contribution is -0.206. The first-order valence-corrected chi connectivity index (χ1v) is 11.2. The number of rotatable bonds is 15. The maximum atomic E-state index is 11.4. The third kappa shape index (κ3) is 6.62. The molecule has 3 atom stereocenters. The molecule has 2 bridgehead atoms. The van der Waals surface area contributed by atoms with Crippen LogP contribution >= 0.6 is 0 Å². The second-order valence-corrected chi connectivity index (χ2v) is 9.55. The summed E-state index contributed by atoms with van der Waals surface area (Å²) in [5.74, 6) is 5.72. The Morgan fingerprint density at radius 3 is 2.71 bits per heavy atom. The van der Waals surface area contributed by atoms with Crippen LogP contribution in [0.15, 0.2) is 24.3 Å². The zero-order valence-electron chi connectivity index (χ0n) is 16.8. The molecular weight excluding hydrogens is 386 g/mol. The van der Waals surface area contributed by atoms with E-state index in [1.165, 1.54) is 18.4 Å². The molecule has 0 amide bonds. The monoisotopic (exact) mass is 419 g/mol. The Morgan fingerprint density at radius 2 is 2.07 bits per heavy atom. The number of fused-ring (bicyclic) bond motifs is 1. The van der Waals surface area contributed by atoms with Crippen molar-refractivity contribution in [3.8, 4) is 0 Å². The molecule has 162 valence electrons. The smallest absolute Gasteiger partial charge is 0.297 e. The maximum absolute atomic E-state index is 11.4. The van der Waals surface area contributed by atoms with Crippen LogP contribution in [0.5, 0.6) is 0 Å². The molecule has 0 heterocycles. The van der Waals surface area contributed by atoms with Gasteiger partial charge in [0.2, 0.25) is 0 Å². The van der Waals surface area contributed by atoms with E-state index in [2.05, 4.69) is 41.7 Å². The van der Waals surface area contributed by atoms with Gasteiger partial charge < -0.3 is 14.2 Å². The van der Waals surface area contributed by atoms with E-state index in [-0.39, 0.29) is 25.1 Å². The molecule has 1 saturated carbocycles. The molecule has 3 rings (SSSR count).